The Morgan fingerprint density at radius 2 is 1.96 bits per heavy atom. The molecule has 3 rings (SSSR count). The number of carbonyl (C=O) groups excluding carboxylic acids is 1. The van der Waals surface area contributed by atoms with Gasteiger partial charge in [-0.1, -0.05) is 41.1 Å². The van der Waals surface area contributed by atoms with Crippen LogP contribution in [0.5, 0.6) is 0 Å². The smallest absolute Gasteiger partial charge is 0.243 e. The van der Waals surface area contributed by atoms with Gasteiger partial charge in [-0.3, -0.25) is 4.79 Å². The second-order valence-corrected chi connectivity index (χ2v) is 9.97. The molecule has 0 unspecified atom stereocenters. The lowest BCUT2D eigenvalue weighted by molar-refractivity contribution is -0.120. The summed E-state index contributed by atoms with van der Waals surface area (Å²) in [4.78, 5) is 13.2. The summed E-state index contributed by atoms with van der Waals surface area (Å²) in [6, 6.07) is 12.4. The van der Waals surface area contributed by atoms with Crippen LogP contribution in [0, 0.1) is 12.8 Å². The minimum Gasteiger partial charge on any atom is -0.325 e. The first-order valence-electron chi connectivity index (χ1n) is 9.48. The van der Waals surface area contributed by atoms with Crippen LogP contribution >= 0.6 is 15.9 Å². The molecule has 1 aliphatic rings. The van der Waals surface area contributed by atoms with E-state index in [4.69, 9.17) is 0 Å². The Morgan fingerprint density at radius 1 is 1.25 bits per heavy atom. The van der Waals surface area contributed by atoms with Gasteiger partial charge < -0.3 is 5.32 Å². The molecule has 1 heterocycles. The summed E-state index contributed by atoms with van der Waals surface area (Å²) < 4.78 is 28.2. The second-order valence-electron chi connectivity index (χ2n) is 7.11. The van der Waals surface area contributed by atoms with Gasteiger partial charge in [0, 0.05) is 23.2 Å². The molecule has 0 radical (unpaired) electrons. The number of amides is 1. The normalized spacial score (nSPS) is 18.0. The monoisotopic (exact) mass is 464 g/mol. The van der Waals surface area contributed by atoms with Crippen molar-refractivity contribution in [2.75, 3.05) is 18.4 Å². The van der Waals surface area contributed by atoms with Crippen molar-refractivity contribution in [3.05, 3.63) is 58.1 Å². The standard InChI is InChI=1S/C21H25BrN2O3S/c1-3-16-13-18(22)12-15(2)20(16)23-21(25)17-8-7-11-24(14-17)28(26,27)19-9-5-4-6-10-19/h4-6,9-10,12-13,17H,3,7-8,11,14H2,1-2H3,(H,23,25)/t17-/m0/s1. The number of hydrogen-bond acceptors (Lipinski definition) is 3. The van der Waals surface area contributed by atoms with Gasteiger partial charge in [-0.25, -0.2) is 8.42 Å². The highest BCUT2D eigenvalue weighted by Gasteiger charge is 2.33. The number of nitrogens with one attached hydrogen (secondary N) is 1. The number of sulfonamides is 1. The minimum absolute atomic E-state index is 0.118. The lowest BCUT2D eigenvalue weighted by atomic mass is 9.98. The number of halogens is 1. The van der Waals surface area contributed by atoms with Crippen LogP contribution in [0.1, 0.15) is 30.9 Å². The van der Waals surface area contributed by atoms with Crippen molar-refractivity contribution in [1.82, 2.24) is 4.31 Å². The average Bonchev–Trinajstić information content (AvgIpc) is 2.70. The third-order valence-corrected chi connectivity index (χ3v) is 7.48. The zero-order valence-electron chi connectivity index (χ0n) is 16.1. The Morgan fingerprint density at radius 3 is 2.64 bits per heavy atom. The Kier molecular flexibility index (Phi) is 6.58. The molecule has 1 N–H and O–H groups in total. The zero-order valence-corrected chi connectivity index (χ0v) is 18.5. The van der Waals surface area contributed by atoms with Crippen LogP contribution in [0.3, 0.4) is 0 Å². The Labute approximate surface area is 175 Å². The molecule has 2 aromatic rings. The highest BCUT2D eigenvalue weighted by Crippen LogP contribution is 2.29. The SMILES string of the molecule is CCc1cc(Br)cc(C)c1NC(=O)[C@H]1CCCN(S(=O)(=O)c2ccccc2)C1. The summed E-state index contributed by atoms with van der Waals surface area (Å²) >= 11 is 3.50. The van der Waals surface area contributed by atoms with Crippen LogP contribution in [0.15, 0.2) is 51.8 Å². The molecule has 150 valence electrons. The molecular formula is C21H25BrN2O3S. The number of nitrogens with zero attached hydrogens (tertiary/aromatic N) is 1. The molecule has 1 amide bonds. The highest BCUT2D eigenvalue weighted by atomic mass is 79.9. The fourth-order valence-corrected chi connectivity index (χ4v) is 5.78. The van der Waals surface area contributed by atoms with Crippen molar-refractivity contribution in [3.63, 3.8) is 0 Å². The topological polar surface area (TPSA) is 66.5 Å². The Bertz CT molecular complexity index is 961. The summed E-state index contributed by atoms with van der Waals surface area (Å²) in [5.41, 5.74) is 2.88. The molecule has 1 atom stereocenters. The molecule has 1 aliphatic heterocycles. The minimum atomic E-state index is -3.58. The lowest BCUT2D eigenvalue weighted by Gasteiger charge is -2.31. The first-order valence-corrected chi connectivity index (χ1v) is 11.7. The van der Waals surface area contributed by atoms with Crippen molar-refractivity contribution in [2.45, 2.75) is 38.0 Å². The summed E-state index contributed by atoms with van der Waals surface area (Å²) in [6.45, 7) is 4.66. The second kappa shape index (κ2) is 8.76. The van der Waals surface area contributed by atoms with Crippen LogP contribution < -0.4 is 5.32 Å². The van der Waals surface area contributed by atoms with Gasteiger partial charge in [0.05, 0.1) is 10.8 Å². The van der Waals surface area contributed by atoms with Gasteiger partial charge in [0.1, 0.15) is 0 Å². The van der Waals surface area contributed by atoms with Gasteiger partial charge in [-0.2, -0.15) is 4.31 Å². The molecule has 1 saturated heterocycles. The molecule has 0 aromatic heterocycles. The fourth-order valence-electron chi connectivity index (χ4n) is 3.61. The molecule has 28 heavy (non-hydrogen) atoms. The number of benzene rings is 2. The zero-order chi connectivity index (χ0) is 20.3. The van der Waals surface area contributed by atoms with Gasteiger partial charge in [0.2, 0.25) is 15.9 Å². The molecule has 5 nitrogen and oxygen atoms in total. The van der Waals surface area contributed by atoms with Gasteiger partial charge in [0.15, 0.2) is 0 Å². The summed E-state index contributed by atoms with van der Waals surface area (Å²) in [6.07, 6.45) is 2.16. The van der Waals surface area contributed by atoms with E-state index in [1.54, 1.807) is 30.3 Å². The van der Waals surface area contributed by atoms with Crippen molar-refractivity contribution < 1.29 is 13.2 Å². The van der Waals surface area contributed by atoms with Crippen LogP contribution in [0.25, 0.3) is 0 Å². The maximum atomic E-state index is 12.9. The Balaban J connectivity index is 1.77. The largest absolute Gasteiger partial charge is 0.325 e. The van der Waals surface area contributed by atoms with Crippen molar-refractivity contribution in [3.8, 4) is 0 Å². The number of anilines is 1. The quantitative estimate of drug-likeness (QED) is 0.714. The van der Waals surface area contributed by atoms with Crippen LogP contribution in [-0.2, 0) is 21.2 Å². The van der Waals surface area contributed by atoms with E-state index in [2.05, 4.69) is 21.2 Å². The van der Waals surface area contributed by atoms with E-state index in [0.29, 0.717) is 19.4 Å². The van der Waals surface area contributed by atoms with E-state index in [9.17, 15) is 13.2 Å². The predicted octanol–water partition coefficient (Wildman–Crippen LogP) is 4.36. The van der Waals surface area contributed by atoms with Crippen LogP contribution in [0.4, 0.5) is 5.69 Å². The average molecular weight is 465 g/mol. The lowest BCUT2D eigenvalue weighted by Crippen LogP contribution is -2.43. The van der Waals surface area contributed by atoms with E-state index >= 15 is 0 Å². The van der Waals surface area contributed by atoms with Gasteiger partial charge >= 0.3 is 0 Å². The summed E-state index contributed by atoms with van der Waals surface area (Å²) in [5.74, 6) is -0.479. The highest BCUT2D eigenvalue weighted by molar-refractivity contribution is 9.10. The van der Waals surface area contributed by atoms with Gasteiger partial charge in [-0.15, -0.1) is 0 Å². The summed E-state index contributed by atoms with van der Waals surface area (Å²) in [7, 11) is -3.58. The molecule has 7 heteroatoms. The van der Waals surface area contributed by atoms with E-state index < -0.39 is 10.0 Å². The third-order valence-electron chi connectivity index (χ3n) is 5.15. The maximum absolute atomic E-state index is 12.9. The number of hydrogen-bond donors (Lipinski definition) is 1. The first kappa shape index (κ1) is 21.0. The predicted molar refractivity (Wildman–Crippen MR) is 115 cm³/mol. The van der Waals surface area contributed by atoms with Gasteiger partial charge in [0.25, 0.3) is 0 Å². The Hall–Kier alpha value is -1.70. The van der Waals surface area contributed by atoms with Crippen molar-refractivity contribution in [2.24, 2.45) is 5.92 Å². The maximum Gasteiger partial charge on any atom is 0.243 e. The number of piperidine rings is 1. The molecule has 0 spiro atoms. The molecule has 0 saturated carbocycles. The third kappa shape index (κ3) is 4.47. The number of rotatable bonds is 5. The fraction of sp³-hybridized carbons (Fsp3) is 0.381. The molecule has 1 fully saturated rings. The van der Waals surface area contributed by atoms with Crippen molar-refractivity contribution in [1.29, 1.82) is 0 Å². The first-order chi connectivity index (χ1) is 13.3. The number of carbonyl (C=O) groups is 1. The molecule has 2 aromatic carbocycles. The van der Waals surface area contributed by atoms with E-state index in [1.807, 2.05) is 26.0 Å². The van der Waals surface area contributed by atoms with Gasteiger partial charge in [-0.05, 0) is 61.6 Å². The van der Waals surface area contributed by atoms with E-state index in [1.165, 1.54) is 4.31 Å². The van der Waals surface area contributed by atoms with Crippen LogP contribution in [-0.4, -0.2) is 31.7 Å². The number of aryl methyl sites for hydroxylation is 2. The molecule has 0 bridgehead atoms. The van der Waals surface area contributed by atoms with Crippen molar-refractivity contribution >= 4 is 37.5 Å². The van der Waals surface area contributed by atoms with E-state index in [-0.39, 0.29) is 23.3 Å². The van der Waals surface area contributed by atoms with E-state index in [0.717, 1.165) is 27.7 Å². The molecule has 0 aliphatic carbocycles. The molecular weight excluding hydrogens is 440 g/mol. The van der Waals surface area contributed by atoms with Crippen LogP contribution in [0.2, 0.25) is 0 Å². The summed E-state index contributed by atoms with van der Waals surface area (Å²) in [5, 5.41) is 3.06.